The fraction of sp³-hybridized carbons (Fsp3) is 0.348. The lowest BCUT2D eigenvalue weighted by atomic mass is 10.0. The van der Waals surface area contributed by atoms with Gasteiger partial charge in [-0.05, 0) is 56.2 Å². The fourth-order valence-electron chi connectivity index (χ4n) is 3.47. The summed E-state index contributed by atoms with van der Waals surface area (Å²) in [5.41, 5.74) is 1.82. The van der Waals surface area contributed by atoms with Gasteiger partial charge in [-0.2, -0.15) is 18.3 Å². The Morgan fingerprint density at radius 2 is 1.77 bits per heavy atom. The van der Waals surface area contributed by atoms with E-state index >= 15 is 0 Å². The summed E-state index contributed by atoms with van der Waals surface area (Å²) in [5.74, 6) is -1.18. The Morgan fingerprint density at radius 1 is 1.09 bits per heavy atom. The van der Waals surface area contributed by atoms with Crippen LogP contribution in [0.4, 0.5) is 22.0 Å². The molecular formula is C23H24F5N3O3S. The Morgan fingerprint density at radius 3 is 2.37 bits per heavy atom. The van der Waals surface area contributed by atoms with Crippen molar-refractivity contribution >= 4 is 10.0 Å². The van der Waals surface area contributed by atoms with Gasteiger partial charge in [0.05, 0.1) is 5.69 Å². The van der Waals surface area contributed by atoms with Crippen LogP contribution in [0.25, 0.3) is 11.3 Å². The second-order valence-electron chi connectivity index (χ2n) is 7.95. The second-order valence-corrected chi connectivity index (χ2v) is 9.71. The first-order chi connectivity index (χ1) is 16.3. The Bertz CT molecular complexity index is 1240. The molecule has 0 fully saturated rings. The first-order valence-corrected chi connectivity index (χ1v) is 12.3. The number of alkyl halides is 5. The van der Waals surface area contributed by atoms with Crippen molar-refractivity contribution in [2.45, 2.75) is 45.5 Å². The number of nitrogens with one attached hydrogen (secondary N) is 1. The van der Waals surface area contributed by atoms with Crippen molar-refractivity contribution in [1.82, 2.24) is 14.5 Å². The molecule has 190 valence electrons. The molecular weight excluding hydrogens is 493 g/mol. The summed E-state index contributed by atoms with van der Waals surface area (Å²) in [6.07, 6.45) is -7.24. The van der Waals surface area contributed by atoms with Crippen LogP contribution in [0.1, 0.15) is 31.4 Å². The van der Waals surface area contributed by atoms with E-state index in [0.29, 0.717) is 35.0 Å². The molecule has 0 aliphatic heterocycles. The number of hydrogen-bond donors (Lipinski definition) is 1. The van der Waals surface area contributed by atoms with E-state index in [1.54, 1.807) is 35.0 Å². The van der Waals surface area contributed by atoms with E-state index in [-0.39, 0.29) is 12.0 Å². The third-order valence-corrected chi connectivity index (χ3v) is 6.36. The van der Waals surface area contributed by atoms with E-state index < -0.39 is 34.4 Å². The molecule has 35 heavy (non-hydrogen) atoms. The SMILES string of the molecule is CCn1nc(-c2cccc(CC(C)NS(=O)(=O)CC(F)(F)F)c2)cc1Oc1ccc(C(F)F)cc1. The summed E-state index contributed by atoms with van der Waals surface area (Å²) < 4.78 is 95.8. The molecule has 0 saturated heterocycles. The van der Waals surface area contributed by atoms with Crippen molar-refractivity contribution in [1.29, 1.82) is 0 Å². The first kappa shape index (κ1) is 26.6. The molecule has 0 aliphatic rings. The van der Waals surface area contributed by atoms with Crippen LogP contribution in [0.5, 0.6) is 11.6 Å². The smallest absolute Gasteiger partial charge is 0.404 e. The van der Waals surface area contributed by atoms with Gasteiger partial charge in [-0.3, -0.25) is 0 Å². The number of nitrogens with zero attached hydrogens (tertiary/aromatic N) is 2. The van der Waals surface area contributed by atoms with Crippen molar-refractivity contribution in [2.75, 3.05) is 5.75 Å². The number of benzene rings is 2. The largest absolute Gasteiger partial charge is 0.439 e. The van der Waals surface area contributed by atoms with Gasteiger partial charge >= 0.3 is 6.18 Å². The van der Waals surface area contributed by atoms with Crippen LogP contribution in [0.2, 0.25) is 0 Å². The zero-order valence-corrected chi connectivity index (χ0v) is 19.7. The molecule has 1 aromatic heterocycles. The normalized spacial score (nSPS) is 13.3. The number of aromatic nitrogens is 2. The summed E-state index contributed by atoms with van der Waals surface area (Å²) >= 11 is 0. The van der Waals surface area contributed by atoms with Gasteiger partial charge < -0.3 is 4.74 Å². The van der Waals surface area contributed by atoms with Gasteiger partial charge in [0.15, 0.2) is 5.75 Å². The molecule has 0 aliphatic carbocycles. The molecule has 0 radical (unpaired) electrons. The topological polar surface area (TPSA) is 73.2 Å². The molecule has 1 atom stereocenters. The predicted octanol–water partition coefficient (Wildman–Crippen LogP) is 5.71. The van der Waals surface area contributed by atoms with Gasteiger partial charge in [0.2, 0.25) is 15.9 Å². The Balaban J connectivity index is 1.74. The summed E-state index contributed by atoms with van der Waals surface area (Å²) in [4.78, 5) is 0. The van der Waals surface area contributed by atoms with E-state index in [1.807, 2.05) is 11.6 Å². The summed E-state index contributed by atoms with van der Waals surface area (Å²) in [6.45, 7) is 3.81. The van der Waals surface area contributed by atoms with Crippen LogP contribution < -0.4 is 9.46 Å². The van der Waals surface area contributed by atoms with E-state index in [0.717, 1.165) is 0 Å². The summed E-state index contributed by atoms with van der Waals surface area (Å²) in [5, 5.41) is 4.50. The minimum atomic E-state index is -4.83. The Labute approximate surface area is 199 Å². The van der Waals surface area contributed by atoms with E-state index in [2.05, 4.69) is 5.10 Å². The highest BCUT2D eigenvalue weighted by atomic mass is 32.2. The maximum Gasteiger partial charge on any atom is 0.404 e. The molecule has 3 aromatic rings. The summed E-state index contributed by atoms with van der Waals surface area (Å²) in [6, 6.07) is 13.4. The lowest BCUT2D eigenvalue weighted by Crippen LogP contribution is -2.39. The zero-order valence-electron chi connectivity index (χ0n) is 18.9. The molecule has 3 rings (SSSR count). The van der Waals surface area contributed by atoms with E-state index in [4.69, 9.17) is 4.74 Å². The van der Waals surface area contributed by atoms with Crippen LogP contribution in [0.15, 0.2) is 54.6 Å². The van der Waals surface area contributed by atoms with Crippen molar-refractivity contribution in [3.63, 3.8) is 0 Å². The van der Waals surface area contributed by atoms with Crippen molar-refractivity contribution in [2.24, 2.45) is 0 Å². The van der Waals surface area contributed by atoms with Gasteiger partial charge in [-0.25, -0.2) is 26.6 Å². The molecule has 1 N–H and O–H groups in total. The van der Waals surface area contributed by atoms with E-state index in [1.165, 1.54) is 31.2 Å². The van der Waals surface area contributed by atoms with Gasteiger partial charge in [0.25, 0.3) is 6.43 Å². The highest BCUT2D eigenvalue weighted by Crippen LogP contribution is 2.29. The minimum Gasteiger partial charge on any atom is -0.439 e. The number of hydrogen-bond acceptors (Lipinski definition) is 4. The zero-order chi connectivity index (χ0) is 25.8. The maximum atomic E-state index is 12.8. The third kappa shape index (κ3) is 7.76. The quantitative estimate of drug-likeness (QED) is 0.350. The number of sulfonamides is 1. The third-order valence-electron chi connectivity index (χ3n) is 4.90. The molecule has 0 spiro atoms. The van der Waals surface area contributed by atoms with Crippen LogP contribution in [0.3, 0.4) is 0 Å². The number of rotatable bonds is 10. The van der Waals surface area contributed by atoms with Gasteiger partial charge in [-0.15, -0.1) is 0 Å². The minimum absolute atomic E-state index is 0.117. The first-order valence-electron chi connectivity index (χ1n) is 10.6. The lowest BCUT2D eigenvalue weighted by molar-refractivity contribution is -0.106. The number of aryl methyl sites for hydroxylation is 1. The van der Waals surface area contributed by atoms with Crippen LogP contribution in [-0.4, -0.2) is 36.2 Å². The van der Waals surface area contributed by atoms with E-state index in [9.17, 15) is 30.4 Å². The maximum absolute atomic E-state index is 12.8. The average molecular weight is 518 g/mol. The highest BCUT2D eigenvalue weighted by molar-refractivity contribution is 7.89. The van der Waals surface area contributed by atoms with Crippen LogP contribution in [0, 0.1) is 0 Å². The van der Waals surface area contributed by atoms with Gasteiger partial charge in [0.1, 0.15) is 5.75 Å². The average Bonchev–Trinajstić information content (AvgIpc) is 3.15. The molecule has 12 heteroatoms. The Hall–Kier alpha value is -2.99. The van der Waals surface area contributed by atoms with Crippen molar-refractivity contribution in [3.8, 4) is 22.9 Å². The van der Waals surface area contributed by atoms with Crippen LogP contribution >= 0.6 is 0 Å². The standard InChI is InChI=1S/C23H24F5N3O3S/c1-3-31-21(34-19-9-7-17(8-10-19)22(24)25)13-20(29-31)18-6-4-5-16(12-18)11-15(2)30-35(32,33)14-23(26,27)28/h4-10,12-13,15,22,30H,3,11,14H2,1-2H3. The molecule has 0 amide bonds. The summed E-state index contributed by atoms with van der Waals surface area (Å²) in [7, 11) is -4.51. The monoisotopic (exact) mass is 517 g/mol. The fourth-order valence-corrected chi connectivity index (χ4v) is 4.68. The van der Waals surface area contributed by atoms with Gasteiger partial charge in [0, 0.05) is 29.8 Å². The molecule has 6 nitrogen and oxygen atoms in total. The molecule has 2 aromatic carbocycles. The van der Waals surface area contributed by atoms with Crippen molar-refractivity contribution < 1.29 is 35.1 Å². The number of halogens is 5. The second kappa shape index (κ2) is 10.7. The predicted molar refractivity (Wildman–Crippen MR) is 121 cm³/mol. The molecule has 0 bridgehead atoms. The molecule has 0 saturated carbocycles. The molecule has 1 unspecified atom stereocenters. The highest BCUT2D eigenvalue weighted by Gasteiger charge is 2.35. The Kier molecular flexibility index (Phi) is 8.16. The molecule has 1 heterocycles. The van der Waals surface area contributed by atoms with Gasteiger partial charge in [-0.1, -0.05) is 18.2 Å². The lowest BCUT2D eigenvalue weighted by Gasteiger charge is -2.15. The number of ether oxygens (including phenoxy) is 1. The van der Waals surface area contributed by atoms with Crippen LogP contribution in [-0.2, 0) is 23.0 Å². The van der Waals surface area contributed by atoms with Crippen molar-refractivity contribution in [3.05, 3.63) is 65.7 Å².